The number of hydrogen-bond acceptors (Lipinski definition) is 2. The van der Waals surface area contributed by atoms with E-state index in [1.54, 1.807) is 11.3 Å². The average Bonchev–Trinajstić information content (AvgIpc) is 2.95. The number of para-hydroxylation sites is 1. The number of benzene rings is 3. The summed E-state index contributed by atoms with van der Waals surface area (Å²) in [5.41, 5.74) is 1.19. The van der Waals surface area contributed by atoms with Gasteiger partial charge in [-0.15, -0.1) is 11.3 Å². The predicted octanol–water partition coefficient (Wildman–Crippen LogP) is 6.36. The minimum atomic E-state index is 0.864. The molecule has 22 heavy (non-hydrogen) atoms. The normalized spacial score (nSPS) is 10.7. The number of thiophene rings is 1. The molecule has 0 fully saturated rings. The molecular formula is C20H14OS. The lowest BCUT2D eigenvalue weighted by atomic mass is 10.1. The van der Waals surface area contributed by atoms with Crippen molar-refractivity contribution in [1.29, 1.82) is 0 Å². The third-order valence-electron chi connectivity index (χ3n) is 3.55. The Morgan fingerprint density at radius 3 is 2.05 bits per heavy atom. The van der Waals surface area contributed by atoms with Crippen LogP contribution in [0.1, 0.15) is 0 Å². The van der Waals surface area contributed by atoms with E-state index in [4.69, 9.17) is 4.74 Å². The summed E-state index contributed by atoms with van der Waals surface area (Å²) >= 11 is 1.77. The molecule has 0 aliphatic rings. The van der Waals surface area contributed by atoms with Gasteiger partial charge in [-0.1, -0.05) is 60.7 Å². The highest BCUT2D eigenvalue weighted by molar-refractivity contribution is 7.22. The van der Waals surface area contributed by atoms with E-state index >= 15 is 0 Å². The molecule has 4 rings (SSSR count). The lowest BCUT2D eigenvalue weighted by Crippen LogP contribution is -1.84. The highest BCUT2D eigenvalue weighted by Gasteiger charge is 2.15. The fourth-order valence-electron chi connectivity index (χ4n) is 2.51. The molecule has 1 heterocycles. The largest absolute Gasteiger partial charge is 0.455 e. The van der Waals surface area contributed by atoms with Crippen LogP contribution in [0, 0.1) is 0 Å². The molecule has 0 saturated carbocycles. The van der Waals surface area contributed by atoms with Gasteiger partial charge in [0.25, 0.3) is 0 Å². The van der Waals surface area contributed by atoms with E-state index in [2.05, 4.69) is 48.5 Å². The second kappa shape index (κ2) is 5.66. The van der Waals surface area contributed by atoms with Crippen LogP contribution in [0.15, 0.2) is 84.9 Å². The van der Waals surface area contributed by atoms with Gasteiger partial charge in [0.15, 0.2) is 5.75 Å². The lowest BCUT2D eigenvalue weighted by Gasteiger charge is -2.07. The van der Waals surface area contributed by atoms with Crippen molar-refractivity contribution in [2.45, 2.75) is 0 Å². The van der Waals surface area contributed by atoms with Crippen LogP contribution in [0.2, 0.25) is 0 Å². The number of hydrogen-bond donors (Lipinski definition) is 0. The molecule has 0 atom stereocenters. The topological polar surface area (TPSA) is 9.23 Å². The Morgan fingerprint density at radius 2 is 1.27 bits per heavy atom. The molecule has 0 spiro atoms. The molecule has 0 amide bonds. The van der Waals surface area contributed by atoms with Gasteiger partial charge in [0.1, 0.15) is 5.75 Å². The van der Waals surface area contributed by atoms with E-state index in [1.165, 1.54) is 15.1 Å². The summed E-state index contributed by atoms with van der Waals surface area (Å²) in [4.78, 5) is 1.17. The molecule has 106 valence electrons. The Labute approximate surface area is 133 Å². The van der Waals surface area contributed by atoms with Gasteiger partial charge in [0, 0.05) is 10.1 Å². The van der Waals surface area contributed by atoms with Crippen LogP contribution >= 0.6 is 11.3 Å². The highest BCUT2D eigenvalue weighted by Crippen LogP contribution is 2.45. The predicted molar refractivity (Wildman–Crippen MR) is 93.8 cm³/mol. The molecular weight excluding hydrogens is 288 g/mol. The zero-order valence-corrected chi connectivity index (χ0v) is 12.7. The third kappa shape index (κ3) is 2.38. The Balaban J connectivity index is 1.91. The molecule has 4 aromatic rings. The minimum absolute atomic E-state index is 0.864. The van der Waals surface area contributed by atoms with Crippen molar-refractivity contribution < 1.29 is 4.74 Å². The van der Waals surface area contributed by atoms with Gasteiger partial charge < -0.3 is 4.74 Å². The monoisotopic (exact) mass is 302 g/mol. The quantitative estimate of drug-likeness (QED) is 0.428. The maximum atomic E-state index is 6.23. The third-order valence-corrected chi connectivity index (χ3v) is 4.75. The summed E-state index contributed by atoms with van der Waals surface area (Å²) in [5, 5.41) is 1.16. The lowest BCUT2D eigenvalue weighted by molar-refractivity contribution is 0.491. The first-order valence-electron chi connectivity index (χ1n) is 7.22. The standard InChI is InChI=1S/C20H14OS/c1-3-9-15(10-4-1)20-19(21-16-11-5-2-6-12-16)17-13-7-8-14-18(17)22-20/h1-14H. The first-order chi connectivity index (χ1) is 10.9. The molecule has 1 nitrogen and oxygen atoms in total. The molecule has 3 aromatic carbocycles. The van der Waals surface area contributed by atoms with Crippen LogP contribution in [0.25, 0.3) is 20.5 Å². The van der Waals surface area contributed by atoms with Crippen LogP contribution in [0.5, 0.6) is 11.5 Å². The van der Waals surface area contributed by atoms with Gasteiger partial charge in [-0.25, -0.2) is 0 Å². The maximum Gasteiger partial charge on any atom is 0.153 e. The van der Waals surface area contributed by atoms with E-state index in [9.17, 15) is 0 Å². The van der Waals surface area contributed by atoms with Crippen molar-refractivity contribution in [3.63, 3.8) is 0 Å². The van der Waals surface area contributed by atoms with Crippen LogP contribution in [-0.4, -0.2) is 0 Å². The molecule has 0 unspecified atom stereocenters. The van der Waals surface area contributed by atoms with Gasteiger partial charge in [-0.05, 0) is 29.8 Å². The summed E-state index contributed by atoms with van der Waals surface area (Å²) < 4.78 is 7.47. The number of rotatable bonds is 3. The first kappa shape index (κ1) is 13.1. The average molecular weight is 302 g/mol. The zero-order valence-electron chi connectivity index (χ0n) is 11.9. The van der Waals surface area contributed by atoms with E-state index in [1.807, 2.05) is 36.4 Å². The number of ether oxygens (including phenoxy) is 1. The molecule has 0 N–H and O–H groups in total. The molecule has 2 heteroatoms. The molecule has 0 aliphatic heterocycles. The van der Waals surface area contributed by atoms with Gasteiger partial charge in [-0.3, -0.25) is 0 Å². The second-order valence-corrected chi connectivity index (χ2v) is 6.09. The zero-order chi connectivity index (χ0) is 14.8. The van der Waals surface area contributed by atoms with Crippen LogP contribution in [0.3, 0.4) is 0 Å². The van der Waals surface area contributed by atoms with Crippen molar-refractivity contribution in [2.24, 2.45) is 0 Å². The van der Waals surface area contributed by atoms with E-state index < -0.39 is 0 Å². The van der Waals surface area contributed by atoms with Gasteiger partial charge in [-0.2, -0.15) is 0 Å². The molecule has 0 radical (unpaired) electrons. The van der Waals surface area contributed by atoms with E-state index in [0.717, 1.165) is 16.9 Å². The summed E-state index contributed by atoms with van der Waals surface area (Å²) in [6.45, 7) is 0. The maximum absolute atomic E-state index is 6.23. The first-order valence-corrected chi connectivity index (χ1v) is 8.03. The van der Waals surface area contributed by atoms with Gasteiger partial charge in [0.2, 0.25) is 0 Å². The molecule has 0 bridgehead atoms. The van der Waals surface area contributed by atoms with Gasteiger partial charge >= 0.3 is 0 Å². The van der Waals surface area contributed by atoms with Crippen LogP contribution in [-0.2, 0) is 0 Å². The fraction of sp³-hybridized carbons (Fsp3) is 0. The smallest absolute Gasteiger partial charge is 0.153 e. The van der Waals surface area contributed by atoms with Crippen LogP contribution in [0.4, 0.5) is 0 Å². The molecule has 0 saturated heterocycles. The fourth-order valence-corrected chi connectivity index (χ4v) is 3.64. The summed E-state index contributed by atoms with van der Waals surface area (Å²) in [6, 6.07) is 28.8. The Bertz CT molecular complexity index is 895. The van der Waals surface area contributed by atoms with Crippen molar-refractivity contribution >= 4 is 21.4 Å². The Hall–Kier alpha value is -2.58. The van der Waals surface area contributed by atoms with Crippen molar-refractivity contribution in [3.8, 4) is 21.9 Å². The summed E-state index contributed by atoms with van der Waals surface area (Å²) in [7, 11) is 0. The summed E-state index contributed by atoms with van der Waals surface area (Å²) in [6.07, 6.45) is 0. The number of fused-ring (bicyclic) bond motifs is 1. The SMILES string of the molecule is c1ccc(Oc2c(-c3ccccc3)sc3ccccc23)cc1. The summed E-state index contributed by atoms with van der Waals surface area (Å²) in [5.74, 6) is 1.81. The van der Waals surface area contributed by atoms with Crippen molar-refractivity contribution in [2.75, 3.05) is 0 Å². The Morgan fingerprint density at radius 1 is 0.636 bits per heavy atom. The van der Waals surface area contributed by atoms with E-state index in [0.29, 0.717) is 0 Å². The highest BCUT2D eigenvalue weighted by atomic mass is 32.1. The molecule has 1 aromatic heterocycles. The van der Waals surface area contributed by atoms with Crippen molar-refractivity contribution in [1.82, 2.24) is 0 Å². The van der Waals surface area contributed by atoms with Crippen molar-refractivity contribution in [3.05, 3.63) is 84.9 Å². The van der Waals surface area contributed by atoms with Crippen LogP contribution < -0.4 is 4.74 Å². The van der Waals surface area contributed by atoms with E-state index in [-0.39, 0.29) is 0 Å². The minimum Gasteiger partial charge on any atom is -0.455 e. The van der Waals surface area contributed by atoms with Gasteiger partial charge in [0.05, 0.1) is 4.88 Å². The Kier molecular flexibility index (Phi) is 3.37. The molecule has 0 aliphatic carbocycles. The second-order valence-electron chi connectivity index (χ2n) is 5.04.